The Kier molecular flexibility index (Phi) is 4.31. The van der Waals surface area contributed by atoms with E-state index in [4.69, 9.17) is 16.3 Å². The number of benzene rings is 2. The van der Waals surface area contributed by atoms with E-state index >= 15 is 0 Å². The van der Waals surface area contributed by atoms with Crippen LogP contribution in [0.4, 0.5) is 0 Å². The molecule has 1 atom stereocenters. The lowest BCUT2D eigenvalue weighted by Crippen LogP contribution is -2.39. The van der Waals surface area contributed by atoms with Gasteiger partial charge in [-0.25, -0.2) is 0 Å². The Morgan fingerprint density at radius 3 is 2.83 bits per heavy atom. The lowest BCUT2D eigenvalue weighted by molar-refractivity contribution is -0.123. The minimum absolute atomic E-state index is 0.00468. The summed E-state index contributed by atoms with van der Waals surface area (Å²) in [4.78, 5) is 12.5. The summed E-state index contributed by atoms with van der Waals surface area (Å²) in [6.07, 6.45) is 0. The summed E-state index contributed by atoms with van der Waals surface area (Å²) in [7, 11) is 0. The maximum atomic E-state index is 12.5. The first-order valence-electron chi connectivity index (χ1n) is 7.73. The molecule has 0 saturated carbocycles. The Balaban J connectivity index is 1.68. The molecule has 0 spiro atoms. The molecule has 23 heavy (non-hydrogen) atoms. The van der Waals surface area contributed by atoms with E-state index in [1.54, 1.807) is 0 Å². The van der Waals surface area contributed by atoms with Crippen LogP contribution < -0.4 is 10.1 Å². The maximum Gasteiger partial charge on any atom is 0.231 e. The van der Waals surface area contributed by atoms with Crippen LogP contribution >= 0.6 is 11.6 Å². The van der Waals surface area contributed by atoms with E-state index in [2.05, 4.69) is 19.2 Å². The van der Waals surface area contributed by atoms with Crippen LogP contribution in [0.25, 0.3) is 0 Å². The number of rotatable bonds is 4. The Labute approximate surface area is 141 Å². The molecule has 1 heterocycles. The number of para-hydroxylation sites is 1. The van der Waals surface area contributed by atoms with E-state index in [9.17, 15) is 4.79 Å². The van der Waals surface area contributed by atoms with Crippen molar-refractivity contribution in [1.82, 2.24) is 5.32 Å². The van der Waals surface area contributed by atoms with E-state index < -0.39 is 0 Å². The van der Waals surface area contributed by atoms with Crippen molar-refractivity contribution in [1.29, 1.82) is 0 Å². The molecule has 1 amide bonds. The van der Waals surface area contributed by atoms with Crippen LogP contribution in [0.3, 0.4) is 0 Å². The van der Waals surface area contributed by atoms with Crippen molar-refractivity contribution in [2.75, 3.05) is 13.2 Å². The normalized spacial score (nSPS) is 16.6. The van der Waals surface area contributed by atoms with Gasteiger partial charge in [0.1, 0.15) is 18.3 Å². The molecule has 0 radical (unpaired) electrons. The van der Waals surface area contributed by atoms with Crippen molar-refractivity contribution in [2.45, 2.75) is 25.2 Å². The van der Waals surface area contributed by atoms with E-state index in [1.165, 1.54) is 0 Å². The van der Waals surface area contributed by atoms with Crippen molar-refractivity contribution in [3.05, 3.63) is 64.7 Å². The first kappa shape index (κ1) is 15.9. The number of halogens is 1. The number of carbonyl (C=O) groups excluding carboxylic acids is 1. The molecule has 1 N–H and O–H groups in total. The topological polar surface area (TPSA) is 38.3 Å². The van der Waals surface area contributed by atoms with Gasteiger partial charge in [-0.2, -0.15) is 0 Å². The third-order valence-electron chi connectivity index (χ3n) is 4.33. The Bertz CT molecular complexity index is 727. The number of hydrogen-bond acceptors (Lipinski definition) is 2. The van der Waals surface area contributed by atoms with Crippen LogP contribution in [-0.4, -0.2) is 19.1 Å². The molecule has 0 aromatic heterocycles. The monoisotopic (exact) mass is 329 g/mol. The zero-order valence-corrected chi connectivity index (χ0v) is 14.1. The average Bonchev–Trinajstić information content (AvgIpc) is 2.97. The molecule has 2 aromatic carbocycles. The predicted molar refractivity (Wildman–Crippen MR) is 92.2 cm³/mol. The first-order valence-corrected chi connectivity index (χ1v) is 8.11. The summed E-state index contributed by atoms with van der Waals surface area (Å²) >= 11 is 6.07. The van der Waals surface area contributed by atoms with Crippen LogP contribution in [0.2, 0.25) is 5.02 Å². The highest BCUT2D eigenvalue weighted by atomic mass is 35.5. The minimum atomic E-state index is -0.235. The van der Waals surface area contributed by atoms with Gasteiger partial charge in [0.05, 0.1) is 0 Å². The lowest BCUT2D eigenvalue weighted by atomic mass is 9.84. The Morgan fingerprint density at radius 1 is 1.26 bits per heavy atom. The molecule has 0 saturated heterocycles. The molecular formula is C19H20ClNO2. The van der Waals surface area contributed by atoms with Gasteiger partial charge in [-0.05, 0) is 23.8 Å². The van der Waals surface area contributed by atoms with Crippen molar-refractivity contribution in [3.63, 3.8) is 0 Å². The highest BCUT2D eigenvalue weighted by Crippen LogP contribution is 2.33. The molecule has 0 bridgehead atoms. The summed E-state index contributed by atoms with van der Waals surface area (Å²) in [5.41, 5.74) is 1.87. The van der Waals surface area contributed by atoms with E-state index in [1.807, 2.05) is 48.5 Å². The van der Waals surface area contributed by atoms with Gasteiger partial charge < -0.3 is 10.1 Å². The molecule has 1 aliphatic heterocycles. The van der Waals surface area contributed by atoms with Crippen LogP contribution in [0.15, 0.2) is 48.5 Å². The highest BCUT2D eigenvalue weighted by Gasteiger charge is 2.31. The van der Waals surface area contributed by atoms with Crippen LogP contribution in [0.1, 0.15) is 30.9 Å². The SMILES string of the molecule is CC(C)(CNC(=O)C1COc2ccccc21)c1cccc(Cl)c1. The van der Waals surface area contributed by atoms with E-state index in [0.29, 0.717) is 18.2 Å². The summed E-state index contributed by atoms with van der Waals surface area (Å²) < 4.78 is 5.59. The van der Waals surface area contributed by atoms with Gasteiger partial charge in [0.2, 0.25) is 5.91 Å². The average molecular weight is 330 g/mol. The smallest absolute Gasteiger partial charge is 0.231 e. The maximum absolute atomic E-state index is 12.5. The summed E-state index contributed by atoms with van der Waals surface area (Å²) in [5.74, 6) is 0.577. The van der Waals surface area contributed by atoms with Gasteiger partial charge in [0.15, 0.2) is 0 Å². The highest BCUT2D eigenvalue weighted by molar-refractivity contribution is 6.30. The third kappa shape index (κ3) is 3.35. The Hall–Kier alpha value is -2.00. The van der Waals surface area contributed by atoms with Crippen LogP contribution in [0, 0.1) is 0 Å². The number of fused-ring (bicyclic) bond motifs is 1. The second kappa shape index (κ2) is 6.25. The molecule has 4 heteroatoms. The number of amides is 1. The van der Waals surface area contributed by atoms with E-state index in [-0.39, 0.29) is 17.2 Å². The molecule has 120 valence electrons. The summed E-state index contributed by atoms with van der Waals surface area (Å²) in [6.45, 7) is 5.14. The molecule has 3 rings (SSSR count). The first-order chi connectivity index (χ1) is 11.0. The third-order valence-corrected chi connectivity index (χ3v) is 4.56. The quantitative estimate of drug-likeness (QED) is 0.923. The largest absolute Gasteiger partial charge is 0.492 e. The van der Waals surface area contributed by atoms with Crippen molar-refractivity contribution < 1.29 is 9.53 Å². The van der Waals surface area contributed by atoms with Gasteiger partial charge in [-0.1, -0.05) is 55.8 Å². The fourth-order valence-electron chi connectivity index (χ4n) is 2.82. The molecule has 0 fully saturated rings. The number of nitrogens with one attached hydrogen (secondary N) is 1. The van der Waals surface area contributed by atoms with Gasteiger partial charge >= 0.3 is 0 Å². The van der Waals surface area contributed by atoms with Gasteiger partial charge in [0, 0.05) is 22.5 Å². The molecule has 3 nitrogen and oxygen atoms in total. The number of ether oxygens (including phenoxy) is 1. The van der Waals surface area contributed by atoms with Crippen molar-refractivity contribution in [2.24, 2.45) is 0 Å². The summed E-state index contributed by atoms with van der Waals surface area (Å²) in [6, 6.07) is 15.5. The van der Waals surface area contributed by atoms with Crippen LogP contribution in [0.5, 0.6) is 5.75 Å². The van der Waals surface area contributed by atoms with Crippen LogP contribution in [-0.2, 0) is 10.2 Å². The van der Waals surface area contributed by atoms with Crippen molar-refractivity contribution >= 4 is 17.5 Å². The van der Waals surface area contributed by atoms with Gasteiger partial charge in [0.25, 0.3) is 0 Å². The zero-order valence-electron chi connectivity index (χ0n) is 13.3. The second-order valence-corrected chi connectivity index (χ2v) is 6.95. The minimum Gasteiger partial charge on any atom is -0.492 e. The predicted octanol–water partition coefficient (Wildman–Crippen LogP) is 3.91. The van der Waals surface area contributed by atoms with Gasteiger partial charge in [-0.3, -0.25) is 4.79 Å². The zero-order chi connectivity index (χ0) is 16.4. The fraction of sp³-hybridized carbons (Fsp3) is 0.316. The molecule has 1 unspecified atom stereocenters. The van der Waals surface area contributed by atoms with E-state index in [0.717, 1.165) is 16.9 Å². The number of carbonyl (C=O) groups is 1. The lowest BCUT2D eigenvalue weighted by Gasteiger charge is -2.26. The van der Waals surface area contributed by atoms with Gasteiger partial charge in [-0.15, -0.1) is 0 Å². The fourth-order valence-corrected chi connectivity index (χ4v) is 3.01. The van der Waals surface area contributed by atoms with Crippen molar-refractivity contribution in [3.8, 4) is 5.75 Å². The molecular weight excluding hydrogens is 310 g/mol. The molecule has 2 aromatic rings. The summed E-state index contributed by atoms with van der Waals surface area (Å²) in [5, 5.41) is 3.77. The second-order valence-electron chi connectivity index (χ2n) is 6.51. The standard InChI is InChI=1S/C19H20ClNO2/c1-19(2,13-6-5-7-14(20)10-13)12-21-18(22)16-11-23-17-9-4-3-8-15(16)17/h3-10,16H,11-12H2,1-2H3,(H,21,22). The molecule has 1 aliphatic rings. The molecule has 0 aliphatic carbocycles. The Morgan fingerprint density at radius 2 is 2.04 bits per heavy atom. The number of hydrogen-bond donors (Lipinski definition) is 1.